The van der Waals surface area contributed by atoms with Crippen LogP contribution in [0.3, 0.4) is 0 Å². The van der Waals surface area contributed by atoms with Crippen molar-refractivity contribution in [1.29, 1.82) is 0 Å². The minimum atomic E-state index is -2.37. The molecule has 0 aliphatic rings. The van der Waals surface area contributed by atoms with Crippen LogP contribution in [0.2, 0.25) is 0 Å². The number of hydrogen-bond acceptors (Lipinski definition) is 3. The summed E-state index contributed by atoms with van der Waals surface area (Å²) in [6, 6.07) is 7.31. The highest BCUT2D eigenvalue weighted by Gasteiger charge is 2.41. The SMILES string of the molecule is CC(=O)[C@@](O)(Cc1c[nH]c2ccccc12)C(=O)O. The number of carbonyl (C=O) groups excluding carboxylic acids is 1. The fraction of sp³-hybridized carbons (Fsp3) is 0.231. The summed E-state index contributed by atoms with van der Waals surface area (Å²) in [6.07, 6.45) is 1.36. The quantitative estimate of drug-likeness (QED) is 0.706. The number of Topliss-reactive ketones (excluding diaryl/α,β-unsaturated/α-hetero) is 1. The van der Waals surface area contributed by atoms with Crippen LogP contribution in [0, 0.1) is 0 Å². The third kappa shape index (κ3) is 1.89. The Morgan fingerprint density at radius 2 is 2.00 bits per heavy atom. The normalized spacial score (nSPS) is 14.3. The van der Waals surface area contributed by atoms with E-state index in [4.69, 9.17) is 5.11 Å². The van der Waals surface area contributed by atoms with Crippen molar-refractivity contribution in [1.82, 2.24) is 4.98 Å². The number of aliphatic carboxylic acids is 1. The second kappa shape index (κ2) is 4.27. The number of H-pyrrole nitrogens is 1. The zero-order valence-electron chi connectivity index (χ0n) is 9.80. The Kier molecular flexibility index (Phi) is 2.92. The first-order valence-electron chi connectivity index (χ1n) is 5.47. The van der Waals surface area contributed by atoms with Crippen LogP contribution in [-0.2, 0) is 16.0 Å². The van der Waals surface area contributed by atoms with Crippen molar-refractivity contribution in [2.45, 2.75) is 18.9 Å². The van der Waals surface area contributed by atoms with Crippen LogP contribution in [0.15, 0.2) is 30.5 Å². The third-order valence-electron chi connectivity index (χ3n) is 3.06. The first-order valence-corrected chi connectivity index (χ1v) is 5.47. The van der Waals surface area contributed by atoms with Gasteiger partial charge in [-0.3, -0.25) is 4.79 Å². The molecule has 0 spiro atoms. The second-order valence-corrected chi connectivity index (χ2v) is 4.26. The van der Waals surface area contributed by atoms with Crippen LogP contribution in [0.4, 0.5) is 0 Å². The number of rotatable bonds is 4. The Morgan fingerprint density at radius 1 is 1.33 bits per heavy atom. The van der Waals surface area contributed by atoms with E-state index < -0.39 is 17.4 Å². The monoisotopic (exact) mass is 247 g/mol. The zero-order valence-corrected chi connectivity index (χ0v) is 9.80. The lowest BCUT2D eigenvalue weighted by Crippen LogP contribution is -2.47. The topological polar surface area (TPSA) is 90.4 Å². The zero-order chi connectivity index (χ0) is 13.3. The Balaban J connectivity index is 2.44. The van der Waals surface area contributed by atoms with Crippen LogP contribution >= 0.6 is 0 Å². The molecule has 2 rings (SSSR count). The number of hydrogen-bond donors (Lipinski definition) is 3. The van der Waals surface area contributed by atoms with E-state index in [2.05, 4.69) is 4.98 Å². The molecular formula is C13H13NO4. The van der Waals surface area contributed by atoms with E-state index in [1.165, 1.54) is 0 Å². The molecule has 0 bridgehead atoms. The van der Waals surface area contributed by atoms with Gasteiger partial charge in [0.05, 0.1) is 0 Å². The van der Waals surface area contributed by atoms with Crippen molar-refractivity contribution < 1.29 is 19.8 Å². The molecule has 0 fully saturated rings. The number of aromatic amines is 1. The van der Waals surface area contributed by atoms with Gasteiger partial charge in [-0.2, -0.15) is 0 Å². The number of aromatic nitrogens is 1. The van der Waals surface area contributed by atoms with E-state index in [0.29, 0.717) is 5.56 Å². The fourth-order valence-electron chi connectivity index (χ4n) is 1.90. The minimum absolute atomic E-state index is 0.248. The van der Waals surface area contributed by atoms with E-state index in [-0.39, 0.29) is 6.42 Å². The third-order valence-corrected chi connectivity index (χ3v) is 3.06. The second-order valence-electron chi connectivity index (χ2n) is 4.26. The highest BCUT2D eigenvalue weighted by molar-refractivity contribution is 6.05. The average Bonchev–Trinajstić information content (AvgIpc) is 2.72. The summed E-state index contributed by atoms with van der Waals surface area (Å²) in [5, 5.41) is 19.7. The Bertz CT molecular complexity index is 600. The molecule has 18 heavy (non-hydrogen) atoms. The molecule has 0 aliphatic heterocycles. The molecule has 2 aromatic rings. The van der Waals surface area contributed by atoms with E-state index >= 15 is 0 Å². The number of fused-ring (bicyclic) bond motifs is 1. The minimum Gasteiger partial charge on any atom is -0.479 e. The van der Waals surface area contributed by atoms with E-state index in [0.717, 1.165) is 17.8 Å². The lowest BCUT2D eigenvalue weighted by atomic mass is 9.91. The number of aliphatic hydroxyl groups is 1. The van der Waals surface area contributed by atoms with Gasteiger partial charge >= 0.3 is 5.97 Å². The molecule has 0 unspecified atom stereocenters. The fourth-order valence-corrected chi connectivity index (χ4v) is 1.90. The molecule has 5 nitrogen and oxygen atoms in total. The Labute approximate surface area is 103 Å². The number of carboxylic acids is 1. The van der Waals surface area contributed by atoms with Crippen molar-refractivity contribution >= 4 is 22.7 Å². The number of carboxylic acid groups (broad SMARTS) is 1. The van der Waals surface area contributed by atoms with Gasteiger partial charge in [0.1, 0.15) is 0 Å². The molecule has 3 N–H and O–H groups in total. The highest BCUT2D eigenvalue weighted by Crippen LogP contribution is 2.23. The first-order chi connectivity index (χ1) is 8.45. The van der Waals surface area contributed by atoms with Crippen molar-refractivity contribution in [2.75, 3.05) is 0 Å². The summed E-state index contributed by atoms with van der Waals surface area (Å²) < 4.78 is 0. The van der Waals surface area contributed by atoms with Crippen molar-refractivity contribution in [3.05, 3.63) is 36.0 Å². The predicted molar refractivity (Wildman–Crippen MR) is 65.3 cm³/mol. The van der Waals surface area contributed by atoms with Gasteiger partial charge in [0.25, 0.3) is 0 Å². The maximum Gasteiger partial charge on any atom is 0.343 e. The number of para-hydroxylation sites is 1. The molecule has 1 aromatic heterocycles. The van der Waals surface area contributed by atoms with Crippen molar-refractivity contribution in [3.63, 3.8) is 0 Å². The molecule has 0 saturated carbocycles. The summed E-state index contributed by atoms with van der Waals surface area (Å²) in [6.45, 7) is 1.07. The van der Waals surface area contributed by atoms with E-state index in [9.17, 15) is 14.7 Å². The van der Waals surface area contributed by atoms with Gasteiger partial charge in [0.15, 0.2) is 5.78 Å². The lowest BCUT2D eigenvalue weighted by molar-refractivity contribution is -0.164. The molecule has 1 atom stereocenters. The smallest absolute Gasteiger partial charge is 0.343 e. The van der Waals surface area contributed by atoms with Crippen LogP contribution < -0.4 is 0 Å². The van der Waals surface area contributed by atoms with Gasteiger partial charge in [-0.05, 0) is 18.6 Å². The summed E-state index contributed by atoms with van der Waals surface area (Å²) in [5.74, 6) is -2.31. The number of benzene rings is 1. The van der Waals surface area contributed by atoms with Gasteiger partial charge < -0.3 is 15.2 Å². The largest absolute Gasteiger partial charge is 0.479 e. The standard InChI is InChI=1S/C13H13NO4/c1-8(15)13(18,12(16)17)6-9-7-14-11-5-3-2-4-10(9)11/h2-5,7,14,18H,6H2,1H3,(H,16,17)/t13-/m0/s1. The Morgan fingerprint density at radius 3 is 2.61 bits per heavy atom. The summed E-state index contributed by atoms with van der Waals surface area (Å²) >= 11 is 0. The van der Waals surface area contributed by atoms with Crippen LogP contribution in [-0.4, -0.2) is 32.6 Å². The van der Waals surface area contributed by atoms with Crippen molar-refractivity contribution in [2.24, 2.45) is 0 Å². The molecule has 5 heteroatoms. The van der Waals surface area contributed by atoms with Gasteiger partial charge in [-0.25, -0.2) is 4.79 Å². The maximum absolute atomic E-state index is 11.3. The number of nitrogens with one attached hydrogen (secondary N) is 1. The molecule has 0 radical (unpaired) electrons. The van der Waals surface area contributed by atoms with Crippen LogP contribution in [0.1, 0.15) is 12.5 Å². The molecule has 1 aromatic carbocycles. The van der Waals surface area contributed by atoms with Crippen LogP contribution in [0.5, 0.6) is 0 Å². The first kappa shape index (κ1) is 12.3. The summed E-state index contributed by atoms with van der Waals surface area (Å²) in [7, 11) is 0. The maximum atomic E-state index is 11.3. The summed E-state index contributed by atoms with van der Waals surface area (Å²) in [4.78, 5) is 25.3. The van der Waals surface area contributed by atoms with Gasteiger partial charge in [-0.1, -0.05) is 18.2 Å². The number of ketones is 1. The molecule has 0 saturated heterocycles. The average molecular weight is 247 g/mol. The van der Waals surface area contributed by atoms with Gasteiger partial charge in [-0.15, -0.1) is 0 Å². The predicted octanol–water partition coefficient (Wildman–Crippen LogP) is 1.12. The van der Waals surface area contributed by atoms with Gasteiger partial charge in [0.2, 0.25) is 5.60 Å². The van der Waals surface area contributed by atoms with E-state index in [1.54, 1.807) is 6.20 Å². The Hall–Kier alpha value is -2.14. The highest BCUT2D eigenvalue weighted by atomic mass is 16.4. The van der Waals surface area contributed by atoms with Crippen molar-refractivity contribution in [3.8, 4) is 0 Å². The summed E-state index contributed by atoms with van der Waals surface area (Å²) in [5.41, 5.74) is -0.931. The molecular weight excluding hydrogens is 234 g/mol. The lowest BCUT2D eigenvalue weighted by Gasteiger charge is -2.19. The molecule has 0 amide bonds. The molecule has 1 heterocycles. The van der Waals surface area contributed by atoms with Gasteiger partial charge in [0, 0.05) is 23.5 Å². The number of carbonyl (C=O) groups is 2. The van der Waals surface area contributed by atoms with E-state index in [1.807, 2.05) is 24.3 Å². The molecule has 0 aliphatic carbocycles. The molecule has 94 valence electrons. The van der Waals surface area contributed by atoms with Crippen LogP contribution in [0.25, 0.3) is 10.9 Å².